The fourth-order valence-corrected chi connectivity index (χ4v) is 2.72. The van der Waals surface area contributed by atoms with Gasteiger partial charge in [-0.25, -0.2) is 0 Å². The number of benzene rings is 2. The Bertz CT molecular complexity index is 955. The average Bonchev–Trinajstić information content (AvgIpc) is 2.74. The van der Waals surface area contributed by atoms with Crippen LogP contribution in [-0.4, -0.2) is 25.1 Å². The summed E-state index contributed by atoms with van der Waals surface area (Å²) < 4.78 is 10.6. The maximum Gasteiger partial charge on any atom is 0.257 e. The molecule has 1 amide bonds. The van der Waals surface area contributed by atoms with E-state index in [-0.39, 0.29) is 5.91 Å². The first-order valence-electron chi connectivity index (χ1n) is 8.97. The fourth-order valence-electron chi connectivity index (χ4n) is 2.72. The predicted octanol–water partition coefficient (Wildman–Crippen LogP) is 4.66. The molecule has 0 unspecified atom stereocenters. The van der Waals surface area contributed by atoms with Crippen molar-refractivity contribution in [2.24, 2.45) is 0 Å². The lowest BCUT2D eigenvalue weighted by Crippen LogP contribution is -2.12. The van der Waals surface area contributed by atoms with Crippen molar-refractivity contribution < 1.29 is 14.3 Å². The van der Waals surface area contributed by atoms with Gasteiger partial charge in [-0.05, 0) is 42.3 Å². The summed E-state index contributed by atoms with van der Waals surface area (Å²) >= 11 is 0. The number of carbonyl (C=O) groups is 1. The number of amides is 1. The zero-order valence-electron chi connectivity index (χ0n) is 16.2. The van der Waals surface area contributed by atoms with Crippen molar-refractivity contribution in [1.82, 2.24) is 4.98 Å². The van der Waals surface area contributed by atoms with Crippen LogP contribution in [0.3, 0.4) is 0 Å². The van der Waals surface area contributed by atoms with Crippen molar-refractivity contribution in [1.29, 1.82) is 0 Å². The number of nitrogens with one attached hydrogen (secondary N) is 2. The third-order valence-electron chi connectivity index (χ3n) is 4.31. The quantitative estimate of drug-likeness (QED) is 0.627. The van der Waals surface area contributed by atoms with Crippen molar-refractivity contribution in [2.45, 2.75) is 13.3 Å². The molecule has 0 saturated carbocycles. The van der Waals surface area contributed by atoms with Gasteiger partial charge in [0.25, 0.3) is 5.91 Å². The number of pyridine rings is 1. The molecule has 1 aromatic heterocycles. The van der Waals surface area contributed by atoms with Crippen molar-refractivity contribution >= 4 is 23.0 Å². The molecule has 3 rings (SSSR count). The number of hydrogen-bond acceptors (Lipinski definition) is 5. The molecule has 0 fully saturated rings. The van der Waals surface area contributed by atoms with Crippen LogP contribution < -0.4 is 20.1 Å². The number of hydrogen-bond donors (Lipinski definition) is 2. The number of aromatic nitrogens is 1. The molecule has 6 nitrogen and oxygen atoms in total. The van der Waals surface area contributed by atoms with Crippen molar-refractivity contribution in [3.05, 3.63) is 72.1 Å². The Hall–Kier alpha value is -3.54. The van der Waals surface area contributed by atoms with E-state index in [4.69, 9.17) is 9.47 Å². The van der Waals surface area contributed by atoms with E-state index in [0.29, 0.717) is 22.7 Å². The van der Waals surface area contributed by atoms with Crippen LogP contribution in [0, 0.1) is 0 Å². The van der Waals surface area contributed by atoms with Gasteiger partial charge in [0.05, 0.1) is 37.4 Å². The van der Waals surface area contributed by atoms with E-state index in [1.54, 1.807) is 32.5 Å². The Kier molecular flexibility index (Phi) is 6.11. The molecule has 0 spiro atoms. The Labute approximate surface area is 164 Å². The molecule has 28 heavy (non-hydrogen) atoms. The molecule has 0 saturated heterocycles. The number of methoxy groups -OCH3 is 2. The normalized spacial score (nSPS) is 10.2. The molecule has 0 atom stereocenters. The highest BCUT2D eigenvalue weighted by molar-refractivity contribution is 6.04. The van der Waals surface area contributed by atoms with E-state index in [1.165, 1.54) is 11.8 Å². The topological polar surface area (TPSA) is 72.5 Å². The summed E-state index contributed by atoms with van der Waals surface area (Å²) in [5.41, 5.74) is 3.85. The summed E-state index contributed by atoms with van der Waals surface area (Å²) in [6.45, 7) is 2.09. The van der Waals surface area contributed by atoms with Crippen LogP contribution >= 0.6 is 0 Å². The first-order chi connectivity index (χ1) is 13.6. The average molecular weight is 377 g/mol. The van der Waals surface area contributed by atoms with Crippen LogP contribution in [-0.2, 0) is 6.42 Å². The number of carbonyl (C=O) groups excluding carboxylic acids is 1. The summed E-state index contributed by atoms with van der Waals surface area (Å²) in [5.74, 6) is 1.11. The summed E-state index contributed by atoms with van der Waals surface area (Å²) in [5, 5.41) is 6.12. The number of aryl methyl sites for hydroxylation is 1. The van der Waals surface area contributed by atoms with Gasteiger partial charge in [0.1, 0.15) is 11.5 Å². The maximum absolute atomic E-state index is 12.6. The number of ether oxygens (including phenoxy) is 2. The van der Waals surface area contributed by atoms with Crippen LogP contribution in [0.5, 0.6) is 11.5 Å². The molecule has 144 valence electrons. The van der Waals surface area contributed by atoms with Crippen LogP contribution in [0.4, 0.5) is 17.1 Å². The van der Waals surface area contributed by atoms with E-state index >= 15 is 0 Å². The minimum atomic E-state index is -0.220. The third kappa shape index (κ3) is 4.59. The molecule has 6 heteroatoms. The summed E-state index contributed by atoms with van der Waals surface area (Å²) in [6.07, 6.45) is 4.14. The maximum atomic E-state index is 12.6. The summed E-state index contributed by atoms with van der Waals surface area (Å²) in [7, 11) is 3.19. The third-order valence-corrected chi connectivity index (χ3v) is 4.31. The first-order valence-corrected chi connectivity index (χ1v) is 8.97. The van der Waals surface area contributed by atoms with Crippen molar-refractivity contribution in [3.8, 4) is 11.5 Å². The second kappa shape index (κ2) is 8.90. The number of nitrogens with zero attached hydrogens (tertiary/aromatic N) is 1. The molecule has 0 aliphatic carbocycles. The first kappa shape index (κ1) is 19.2. The van der Waals surface area contributed by atoms with Gasteiger partial charge in [-0.3, -0.25) is 9.78 Å². The molecule has 1 heterocycles. The smallest absolute Gasteiger partial charge is 0.257 e. The SMILES string of the molecule is CCc1ccc(NC(=O)c2cncc(Nc3ccc(OC)cc3OC)c2)cc1. The van der Waals surface area contributed by atoms with Crippen molar-refractivity contribution in [3.63, 3.8) is 0 Å². The summed E-state index contributed by atoms with van der Waals surface area (Å²) in [4.78, 5) is 16.7. The highest BCUT2D eigenvalue weighted by atomic mass is 16.5. The second-order valence-corrected chi connectivity index (χ2v) is 6.16. The minimum Gasteiger partial charge on any atom is -0.497 e. The van der Waals surface area contributed by atoms with Gasteiger partial charge in [-0.15, -0.1) is 0 Å². The molecule has 3 aromatic rings. The zero-order chi connectivity index (χ0) is 19.9. The van der Waals surface area contributed by atoms with Gasteiger partial charge in [0.2, 0.25) is 0 Å². The van der Waals surface area contributed by atoms with Gasteiger partial charge in [0.15, 0.2) is 0 Å². The van der Waals surface area contributed by atoms with Gasteiger partial charge in [0, 0.05) is 18.0 Å². The molecule has 2 N–H and O–H groups in total. The van der Waals surface area contributed by atoms with Crippen LogP contribution in [0.15, 0.2) is 60.9 Å². The van der Waals surface area contributed by atoms with E-state index in [9.17, 15) is 4.79 Å². The second-order valence-electron chi connectivity index (χ2n) is 6.16. The molecular weight excluding hydrogens is 354 g/mol. The fraction of sp³-hybridized carbons (Fsp3) is 0.182. The summed E-state index contributed by atoms with van der Waals surface area (Å²) in [6, 6.07) is 15.0. The lowest BCUT2D eigenvalue weighted by Gasteiger charge is -2.13. The number of anilines is 3. The monoisotopic (exact) mass is 377 g/mol. The Morgan fingerprint density at radius 3 is 2.43 bits per heavy atom. The van der Waals surface area contributed by atoms with Gasteiger partial charge in [-0.1, -0.05) is 19.1 Å². The minimum absolute atomic E-state index is 0.220. The highest BCUT2D eigenvalue weighted by Gasteiger charge is 2.10. The van der Waals surface area contributed by atoms with Crippen LogP contribution in [0.2, 0.25) is 0 Å². The Morgan fingerprint density at radius 1 is 0.964 bits per heavy atom. The number of rotatable bonds is 7. The zero-order valence-corrected chi connectivity index (χ0v) is 16.2. The highest BCUT2D eigenvalue weighted by Crippen LogP contribution is 2.31. The lowest BCUT2D eigenvalue weighted by atomic mass is 10.1. The Morgan fingerprint density at radius 2 is 1.75 bits per heavy atom. The molecular formula is C22H23N3O3. The van der Waals surface area contributed by atoms with E-state index in [1.807, 2.05) is 36.4 Å². The largest absolute Gasteiger partial charge is 0.497 e. The molecule has 2 aromatic carbocycles. The molecule has 0 aliphatic heterocycles. The van der Waals surface area contributed by atoms with Gasteiger partial charge < -0.3 is 20.1 Å². The lowest BCUT2D eigenvalue weighted by molar-refractivity contribution is 0.102. The Balaban J connectivity index is 1.75. The predicted molar refractivity (Wildman–Crippen MR) is 111 cm³/mol. The van der Waals surface area contributed by atoms with Crippen LogP contribution in [0.1, 0.15) is 22.8 Å². The molecule has 0 radical (unpaired) electrons. The van der Waals surface area contributed by atoms with Gasteiger partial charge >= 0.3 is 0 Å². The van der Waals surface area contributed by atoms with Crippen molar-refractivity contribution in [2.75, 3.05) is 24.9 Å². The molecule has 0 bridgehead atoms. The van der Waals surface area contributed by atoms with E-state index < -0.39 is 0 Å². The van der Waals surface area contributed by atoms with E-state index in [0.717, 1.165) is 17.8 Å². The van der Waals surface area contributed by atoms with Crippen LogP contribution in [0.25, 0.3) is 0 Å². The van der Waals surface area contributed by atoms with E-state index in [2.05, 4.69) is 22.5 Å². The van der Waals surface area contributed by atoms with Gasteiger partial charge in [-0.2, -0.15) is 0 Å². The standard InChI is InChI=1S/C22H23N3O3/c1-4-15-5-7-17(8-6-15)25-22(26)16-11-18(14-23-13-16)24-20-10-9-19(27-2)12-21(20)28-3/h5-14,24H,4H2,1-3H3,(H,25,26). The molecule has 0 aliphatic rings.